The van der Waals surface area contributed by atoms with Gasteiger partial charge in [0.05, 0.1) is 16.8 Å². The fourth-order valence-electron chi connectivity index (χ4n) is 2.26. The van der Waals surface area contributed by atoms with E-state index < -0.39 is 0 Å². The number of nitrogens with one attached hydrogen (secondary N) is 1. The largest absolute Gasteiger partial charge is 0.304 e. The molecule has 1 atom stereocenters. The van der Waals surface area contributed by atoms with Crippen LogP contribution in [-0.2, 0) is 6.42 Å². The monoisotopic (exact) mass is 326 g/mol. The van der Waals surface area contributed by atoms with Gasteiger partial charge in [-0.25, -0.2) is 9.37 Å². The van der Waals surface area contributed by atoms with Crippen molar-refractivity contribution >= 4 is 22.9 Å². The molecule has 1 heterocycles. The summed E-state index contributed by atoms with van der Waals surface area (Å²) in [5.74, 6) is -0.362. The highest BCUT2D eigenvalue weighted by molar-refractivity contribution is 7.11. The van der Waals surface area contributed by atoms with Crippen LogP contribution in [0.25, 0.3) is 0 Å². The number of rotatable bonds is 6. The van der Waals surface area contributed by atoms with Crippen LogP contribution in [0.1, 0.15) is 47.5 Å². The molecule has 114 valence electrons. The SMILES string of the molecule is CCCNC(c1nc(CC)c(C)s1)c1cccc(Cl)c1F. The third-order valence-corrected chi connectivity index (χ3v) is 4.75. The highest BCUT2D eigenvalue weighted by atomic mass is 35.5. The van der Waals surface area contributed by atoms with E-state index in [1.807, 2.05) is 0 Å². The van der Waals surface area contributed by atoms with E-state index in [0.29, 0.717) is 5.56 Å². The second-order valence-corrected chi connectivity index (χ2v) is 6.58. The van der Waals surface area contributed by atoms with Crippen LogP contribution in [0.5, 0.6) is 0 Å². The van der Waals surface area contributed by atoms with Gasteiger partial charge in [-0.3, -0.25) is 0 Å². The van der Waals surface area contributed by atoms with Crippen LogP contribution < -0.4 is 5.32 Å². The average molecular weight is 327 g/mol. The Morgan fingerprint density at radius 3 is 2.76 bits per heavy atom. The number of nitrogens with zero attached hydrogens (tertiary/aromatic N) is 1. The molecule has 2 nitrogen and oxygen atoms in total. The van der Waals surface area contributed by atoms with Gasteiger partial charge in [0.25, 0.3) is 0 Å². The second kappa shape index (κ2) is 7.34. The number of aryl methyl sites for hydroxylation is 2. The number of halogens is 2. The molecular weight excluding hydrogens is 307 g/mol. The Balaban J connectivity index is 2.44. The fraction of sp³-hybridized carbons (Fsp3) is 0.438. The third-order valence-electron chi connectivity index (χ3n) is 3.38. The van der Waals surface area contributed by atoms with Gasteiger partial charge in [-0.15, -0.1) is 11.3 Å². The topological polar surface area (TPSA) is 24.9 Å². The van der Waals surface area contributed by atoms with E-state index in [0.717, 1.165) is 30.1 Å². The Morgan fingerprint density at radius 2 is 2.14 bits per heavy atom. The molecular formula is C16H20ClFN2S. The minimum atomic E-state index is -0.362. The van der Waals surface area contributed by atoms with Crippen molar-refractivity contribution in [2.45, 2.75) is 39.7 Å². The lowest BCUT2D eigenvalue weighted by Gasteiger charge is -2.17. The fourth-order valence-corrected chi connectivity index (χ4v) is 3.55. The predicted octanol–water partition coefficient (Wildman–Crippen LogP) is 4.90. The Morgan fingerprint density at radius 1 is 1.38 bits per heavy atom. The van der Waals surface area contributed by atoms with E-state index in [9.17, 15) is 4.39 Å². The van der Waals surface area contributed by atoms with Gasteiger partial charge in [0, 0.05) is 10.4 Å². The van der Waals surface area contributed by atoms with Gasteiger partial charge >= 0.3 is 0 Å². The minimum Gasteiger partial charge on any atom is -0.304 e. The summed E-state index contributed by atoms with van der Waals surface area (Å²) in [5, 5.41) is 4.44. The maximum atomic E-state index is 14.4. The standard InChI is InChI=1S/C16H20ClFN2S/c1-4-9-19-15(11-7-6-8-12(17)14(11)18)16-20-13(5-2)10(3)21-16/h6-8,15,19H,4-5,9H2,1-3H3. The smallest absolute Gasteiger partial charge is 0.146 e. The summed E-state index contributed by atoms with van der Waals surface area (Å²) in [6, 6.07) is 4.88. The lowest BCUT2D eigenvalue weighted by atomic mass is 10.1. The van der Waals surface area contributed by atoms with Crippen molar-refractivity contribution in [3.05, 3.63) is 50.2 Å². The van der Waals surface area contributed by atoms with Crippen LogP contribution in [0.2, 0.25) is 5.02 Å². The lowest BCUT2D eigenvalue weighted by Crippen LogP contribution is -2.24. The van der Waals surface area contributed by atoms with E-state index in [4.69, 9.17) is 11.6 Å². The molecule has 0 bridgehead atoms. The molecule has 0 saturated carbocycles. The maximum absolute atomic E-state index is 14.4. The van der Waals surface area contributed by atoms with Gasteiger partial charge < -0.3 is 5.32 Å². The van der Waals surface area contributed by atoms with Crippen LogP contribution in [0.15, 0.2) is 18.2 Å². The molecule has 0 radical (unpaired) electrons. The quantitative estimate of drug-likeness (QED) is 0.817. The van der Waals surface area contributed by atoms with Crippen LogP contribution in [-0.4, -0.2) is 11.5 Å². The van der Waals surface area contributed by atoms with Crippen molar-refractivity contribution in [1.82, 2.24) is 10.3 Å². The molecule has 5 heteroatoms. The summed E-state index contributed by atoms with van der Waals surface area (Å²) in [6.07, 6.45) is 1.87. The van der Waals surface area contributed by atoms with E-state index in [2.05, 4.69) is 31.1 Å². The zero-order valence-electron chi connectivity index (χ0n) is 12.5. The summed E-state index contributed by atoms with van der Waals surface area (Å²) in [4.78, 5) is 5.87. The first kappa shape index (κ1) is 16.4. The molecule has 0 aliphatic rings. The van der Waals surface area contributed by atoms with Crippen molar-refractivity contribution in [2.75, 3.05) is 6.54 Å². The number of benzene rings is 1. The van der Waals surface area contributed by atoms with Crippen LogP contribution >= 0.6 is 22.9 Å². The van der Waals surface area contributed by atoms with E-state index in [1.165, 1.54) is 4.88 Å². The molecule has 0 spiro atoms. The molecule has 1 aromatic heterocycles. The third kappa shape index (κ3) is 3.62. The van der Waals surface area contributed by atoms with Crippen LogP contribution in [0.4, 0.5) is 4.39 Å². The number of hydrogen-bond donors (Lipinski definition) is 1. The molecule has 1 N–H and O–H groups in total. The summed E-state index contributed by atoms with van der Waals surface area (Å²) >= 11 is 7.55. The summed E-state index contributed by atoms with van der Waals surface area (Å²) < 4.78 is 14.4. The average Bonchev–Trinajstić information content (AvgIpc) is 2.84. The lowest BCUT2D eigenvalue weighted by molar-refractivity contribution is 0.545. The van der Waals surface area contributed by atoms with E-state index in [1.54, 1.807) is 29.5 Å². The summed E-state index contributed by atoms with van der Waals surface area (Å²) in [7, 11) is 0. The Hall–Kier alpha value is -0.970. The van der Waals surface area contributed by atoms with Gasteiger partial charge in [-0.1, -0.05) is 37.6 Å². The predicted molar refractivity (Wildman–Crippen MR) is 87.8 cm³/mol. The zero-order valence-corrected chi connectivity index (χ0v) is 14.1. The maximum Gasteiger partial charge on any atom is 0.146 e. The highest BCUT2D eigenvalue weighted by Gasteiger charge is 2.22. The second-order valence-electron chi connectivity index (χ2n) is 4.94. The number of aromatic nitrogens is 1. The molecule has 2 rings (SSSR count). The van der Waals surface area contributed by atoms with Crippen molar-refractivity contribution in [1.29, 1.82) is 0 Å². The van der Waals surface area contributed by atoms with E-state index >= 15 is 0 Å². The summed E-state index contributed by atoms with van der Waals surface area (Å²) in [5.41, 5.74) is 1.65. The molecule has 2 aromatic rings. The first-order valence-electron chi connectivity index (χ1n) is 7.21. The molecule has 0 aliphatic heterocycles. The molecule has 1 unspecified atom stereocenters. The highest BCUT2D eigenvalue weighted by Crippen LogP contribution is 2.32. The van der Waals surface area contributed by atoms with Gasteiger partial charge in [0.1, 0.15) is 10.8 Å². The van der Waals surface area contributed by atoms with Crippen LogP contribution in [0, 0.1) is 12.7 Å². The Bertz CT molecular complexity index is 612. The van der Waals surface area contributed by atoms with Gasteiger partial charge in [-0.05, 0) is 32.4 Å². The van der Waals surface area contributed by atoms with Gasteiger partial charge in [0.2, 0.25) is 0 Å². The van der Waals surface area contributed by atoms with Crippen molar-refractivity contribution < 1.29 is 4.39 Å². The molecule has 1 aromatic carbocycles. The minimum absolute atomic E-state index is 0.153. The Kier molecular flexibility index (Phi) is 5.73. The Labute approximate surface area is 134 Å². The molecule has 0 fully saturated rings. The number of hydrogen-bond acceptors (Lipinski definition) is 3. The molecule has 21 heavy (non-hydrogen) atoms. The first-order valence-corrected chi connectivity index (χ1v) is 8.41. The van der Waals surface area contributed by atoms with Crippen molar-refractivity contribution in [3.63, 3.8) is 0 Å². The van der Waals surface area contributed by atoms with E-state index in [-0.39, 0.29) is 16.9 Å². The summed E-state index contributed by atoms with van der Waals surface area (Å²) in [6.45, 7) is 7.03. The van der Waals surface area contributed by atoms with Gasteiger partial charge in [-0.2, -0.15) is 0 Å². The molecule has 0 saturated heterocycles. The van der Waals surface area contributed by atoms with Crippen LogP contribution in [0.3, 0.4) is 0 Å². The molecule has 0 amide bonds. The van der Waals surface area contributed by atoms with Gasteiger partial charge in [0.15, 0.2) is 0 Å². The number of thiazole rings is 1. The molecule has 0 aliphatic carbocycles. The van der Waals surface area contributed by atoms with Crippen molar-refractivity contribution in [2.24, 2.45) is 0 Å². The van der Waals surface area contributed by atoms with Crippen molar-refractivity contribution in [3.8, 4) is 0 Å². The zero-order chi connectivity index (χ0) is 15.4. The first-order chi connectivity index (χ1) is 10.1. The normalized spacial score (nSPS) is 12.6.